The zero-order valence-electron chi connectivity index (χ0n) is 14.1. The first kappa shape index (κ1) is 16.3. The van der Waals surface area contributed by atoms with Gasteiger partial charge >= 0.3 is 0 Å². The number of benzene rings is 2. The second-order valence-corrected chi connectivity index (χ2v) is 5.70. The average Bonchev–Trinajstić information content (AvgIpc) is 3.00. The van der Waals surface area contributed by atoms with E-state index in [1.54, 1.807) is 0 Å². The molecular weight excluding hydrogens is 298 g/mol. The minimum atomic E-state index is 0.0442. The van der Waals surface area contributed by atoms with E-state index in [2.05, 4.69) is 29.4 Å². The van der Waals surface area contributed by atoms with Gasteiger partial charge in [-0.2, -0.15) is 5.10 Å². The van der Waals surface area contributed by atoms with Crippen molar-refractivity contribution >= 4 is 0 Å². The Morgan fingerprint density at radius 3 is 2.50 bits per heavy atom. The van der Waals surface area contributed by atoms with Gasteiger partial charge in [-0.1, -0.05) is 48.5 Å². The first-order valence-electron chi connectivity index (χ1n) is 8.25. The van der Waals surface area contributed by atoms with Crippen molar-refractivity contribution in [2.24, 2.45) is 12.8 Å². The van der Waals surface area contributed by atoms with Crippen LogP contribution in [0.1, 0.15) is 24.1 Å². The number of para-hydroxylation sites is 1. The van der Waals surface area contributed by atoms with Crippen LogP contribution in [0.15, 0.2) is 60.7 Å². The summed E-state index contributed by atoms with van der Waals surface area (Å²) in [6.07, 6.45) is 0. The topological polar surface area (TPSA) is 53.1 Å². The molecule has 1 atom stereocenters. The maximum atomic E-state index is 6.12. The molecule has 124 valence electrons. The van der Waals surface area contributed by atoms with Crippen molar-refractivity contribution in [1.29, 1.82) is 0 Å². The fraction of sp³-hybridized carbons (Fsp3) is 0.250. The first-order chi connectivity index (χ1) is 11.7. The van der Waals surface area contributed by atoms with Crippen LogP contribution < -0.4 is 10.5 Å². The lowest BCUT2D eigenvalue weighted by molar-refractivity contribution is 0.335. The Kier molecular flexibility index (Phi) is 4.96. The van der Waals surface area contributed by atoms with Crippen LogP contribution in [0, 0.1) is 0 Å². The number of aryl methyl sites for hydroxylation is 1. The Bertz CT molecular complexity index is 796. The van der Waals surface area contributed by atoms with Gasteiger partial charge in [0.25, 0.3) is 0 Å². The van der Waals surface area contributed by atoms with Crippen LogP contribution in [-0.2, 0) is 7.05 Å². The van der Waals surface area contributed by atoms with Crippen molar-refractivity contribution in [3.8, 4) is 17.0 Å². The molecule has 0 radical (unpaired) electrons. The predicted molar refractivity (Wildman–Crippen MR) is 97.2 cm³/mol. The van der Waals surface area contributed by atoms with E-state index in [4.69, 9.17) is 10.5 Å². The molecule has 3 rings (SSSR count). The molecule has 0 amide bonds. The van der Waals surface area contributed by atoms with E-state index in [1.807, 2.05) is 55.1 Å². The molecule has 4 nitrogen and oxygen atoms in total. The van der Waals surface area contributed by atoms with Crippen LogP contribution in [0.3, 0.4) is 0 Å². The zero-order valence-corrected chi connectivity index (χ0v) is 14.1. The van der Waals surface area contributed by atoms with Crippen molar-refractivity contribution in [2.45, 2.75) is 12.8 Å². The van der Waals surface area contributed by atoms with Gasteiger partial charge in [0.2, 0.25) is 0 Å². The molecule has 24 heavy (non-hydrogen) atoms. The summed E-state index contributed by atoms with van der Waals surface area (Å²) >= 11 is 0. The van der Waals surface area contributed by atoms with Gasteiger partial charge in [-0.15, -0.1) is 0 Å². The molecule has 0 bridgehead atoms. The molecule has 0 aliphatic rings. The number of hydrogen-bond acceptors (Lipinski definition) is 3. The van der Waals surface area contributed by atoms with Crippen molar-refractivity contribution < 1.29 is 4.74 Å². The van der Waals surface area contributed by atoms with Gasteiger partial charge in [0.1, 0.15) is 5.75 Å². The Balaban J connectivity index is 2.02. The van der Waals surface area contributed by atoms with E-state index in [1.165, 1.54) is 0 Å². The molecule has 1 aromatic heterocycles. The molecule has 2 N–H and O–H groups in total. The van der Waals surface area contributed by atoms with Crippen molar-refractivity contribution in [3.05, 3.63) is 71.9 Å². The molecule has 0 spiro atoms. The summed E-state index contributed by atoms with van der Waals surface area (Å²) in [6, 6.07) is 20.4. The highest BCUT2D eigenvalue weighted by molar-refractivity contribution is 5.60. The minimum Gasteiger partial charge on any atom is -0.494 e. The number of nitrogens with two attached hydrogens (primary N) is 1. The van der Waals surface area contributed by atoms with E-state index in [0.29, 0.717) is 13.2 Å². The molecule has 3 aromatic rings. The summed E-state index contributed by atoms with van der Waals surface area (Å²) in [5.41, 5.74) is 10.4. The fourth-order valence-corrected chi connectivity index (χ4v) is 3.02. The monoisotopic (exact) mass is 321 g/mol. The standard InChI is InChI=1S/C20H23N3O/c1-3-24-20-12-8-7-11-16(20)17(14-21)19-13-18(22-23(19)2)15-9-5-4-6-10-15/h4-13,17H,3,14,21H2,1-2H3. The van der Waals surface area contributed by atoms with E-state index in [9.17, 15) is 0 Å². The number of hydrogen-bond donors (Lipinski definition) is 1. The van der Waals surface area contributed by atoms with Crippen LogP contribution in [0.2, 0.25) is 0 Å². The van der Waals surface area contributed by atoms with Crippen LogP contribution in [0.25, 0.3) is 11.3 Å². The van der Waals surface area contributed by atoms with E-state index in [0.717, 1.165) is 28.3 Å². The highest BCUT2D eigenvalue weighted by atomic mass is 16.5. The molecule has 0 fully saturated rings. The van der Waals surface area contributed by atoms with Crippen molar-refractivity contribution in [3.63, 3.8) is 0 Å². The van der Waals surface area contributed by atoms with Crippen LogP contribution >= 0.6 is 0 Å². The third-order valence-corrected chi connectivity index (χ3v) is 4.17. The van der Waals surface area contributed by atoms with Crippen LogP contribution in [0.5, 0.6) is 5.75 Å². The largest absolute Gasteiger partial charge is 0.494 e. The lowest BCUT2D eigenvalue weighted by Crippen LogP contribution is -2.18. The molecule has 1 unspecified atom stereocenters. The SMILES string of the molecule is CCOc1ccccc1C(CN)c1cc(-c2ccccc2)nn1C. The number of ether oxygens (including phenoxy) is 1. The van der Waals surface area contributed by atoms with E-state index < -0.39 is 0 Å². The van der Waals surface area contributed by atoms with Gasteiger partial charge in [0.05, 0.1) is 12.3 Å². The van der Waals surface area contributed by atoms with Gasteiger partial charge < -0.3 is 10.5 Å². The fourth-order valence-electron chi connectivity index (χ4n) is 3.02. The molecule has 2 aromatic carbocycles. The highest BCUT2D eigenvalue weighted by Crippen LogP contribution is 2.32. The smallest absolute Gasteiger partial charge is 0.123 e. The van der Waals surface area contributed by atoms with Gasteiger partial charge in [-0.25, -0.2) is 0 Å². The summed E-state index contributed by atoms with van der Waals surface area (Å²) in [5, 5.41) is 4.67. The summed E-state index contributed by atoms with van der Waals surface area (Å²) in [7, 11) is 1.97. The summed E-state index contributed by atoms with van der Waals surface area (Å²) in [6.45, 7) is 3.12. The lowest BCUT2D eigenvalue weighted by atomic mass is 9.94. The second kappa shape index (κ2) is 7.32. The summed E-state index contributed by atoms with van der Waals surface area (Å²) in [4.78, 5) is 0. The van der Waals surface area contributed by atoms with Crippen molar-refractivity contribution in [2.75, 3.05) is 13.2 Å². The maximum absolute atomic E-state index is 6.12. The molecule has 0 aliphatic heterocycles. The number of rotatable bonds is 6. The maximum Gasteiger partial charge on any atom is 0.123 e. The van der Waals surface area contributed by atoms with Gasteiger partial charge in [-0.05, 0) is 19.1 Å². The Morgan fingerprint density at radius 2 is 1.79 bits per heavy atom. The molecule has 1 heterocycles. The van der Waals surface area contributed by atoms with Crippen molar-refractivity contribution in [1.82, 2.24) is 9.78 Å². The number of nitrogens with zero attached hydrogens (tertiary/aromatic N) is 2. The van der Waals surface area contributed by atoms with E-state index in [-0.39, 0.29) is 5.92 Å². The van der Waals surface area contributed by atoms with Crippen LogP contribution in [-0.4, -0.2) is 22.9 Å². The first-order valence-corrected chi connectivity index (χ1v) is 8.25. The lowest BCUT2D eigenvalue weighted by Gasteiger charge is -2.19. The van der Waals surface area contributed by atoms with Gasteiger partial charge in [-0.3, -0.25) is 4.68 Å². The molecule has 0 aliphatic carbocycles. The molecular formula is C20H23N3O. The molecule has 4 heteroatoms. The average molecular weight is 321 g/mol. The number of aromatic nitrogens is 2. The van der Waals surface area contributed by atoms with Gasteiger partial charge in [0, 0.05) is 36.3 Å². The minimum absolute atomic E-state index is 0.0442. The van der Waals surface area contributed by atoms with E-state index >= 15 is 0 Å². The van der Waals surface area contributed by atoms with Gasteiger partial charge in [0.15, 0.2) is 0 Å². The Hall–Kier alpha value is -2.59. The summed E-state index contributed by atoms with van der Waals surface area (Å²) in [5.74, 6) is 0.931. The predicted octanol–water partition coefficient (Wildman–Crippen LogP) is 3.58. The Morgan fingerprint density at radius 1 is 1.08 bits per heavy atom. The highest BCUT2D eigenvalue weighted by Gasteiger charge is 2.21. The summed E-state index contributed by atoms with van der Waals surface area (Å²) < 4.78 is 7.71. The molecule has 0 saturated carbocycles. The molecule has 0 saturated heterocycles. The Labute approximate surface area is 142 Å². The second-order valence-electron chi connectivity index (χ2n) is 5.70. The normalized spacial score (nSPS) is 12.1. The third kappa shape index (κ3) is 3.19. The zero-order chi connectivity index (χ0) is 16.9. The third-order valence-electron chi connectivity index (χ3n) is 4.17. The quantitative estimate of drug-likeness (QED) is 0.755. The van der Waals surface area contributed by atoms with Crippen LogP contribution in [0.4, 0.5) is 0 Å².